The zero-order chi connectivity index (χ0) is 15.4. The van der Waals surface area contributed by atoms with E-state index in [1.807, 2.05) is 0 Å². The van der Waals surface area contributed by atoms with E-state index in [9.17, 15) is 0 Å². The van der Waals surface area contributed by atoms with Gasteiger partial charge in [-0.3, -0.25) is 4.90 Å². The number of hydrogen-bond donors (Lipinski definition) is 0. The highest BCUT2D eigenvalue weighted by atomic mass is 16.5. The van der Waals surface area contributed by atoms with Gasteiger partial charge in [0, 0.05) is 37.7 Å². The molecule has 0 atom stereocenters. The van der Waals surface area contributed by atoms with Crippen molar-refractivity contribution < 1.29 is 4.74 Å². The van der Waals surface area contributed by atoms with Gasteiger partial charge in [-0.05, 0) is 45.0 Å². The van der Waals surface area contributed by atoms with Crippen LogP contribution >= 0.6 is 0 Å². The summed E-state index contributed by atoms with van der Waals surface area (Å²) < 4.78 is 8.87. The van der Waals surface area contributed by atoms with Crippen molar-refractivity contribution in [2.45, 2.75) is 44.8 Å². The van der Waals surface area contributed by atoms with Crippen LogP contribution in [0.5, 0.6) is 5.75 Å². The summed E-state index contributed by atoms with van der Waals surface area (Å²) in [5.41, 5.74) is 2.53. The van der Waals surface area contributed by atoms with E-state index in [2.05, 4.69) is 72.8 Å². The third-order valence-electron chi connectivity index (χ3n) is 5.17. The van der Waals surface area contributed by atoms with Gasteiger partial charge in [0.05, 0.1) is 11.4 Å². The van der Waals surface area contributed by atoms with E-state index < -0.39 is 0 Å². The van der Waals surface area contributed by atoms with Crippen LogP contribution in [0.15, 0.2) is 42.6 Å². The maximum absolute atomic E-state index is 6.56. The molecule has 2 aliphatic rings. The zero-order valence-electron chi connectivity index (χ0n) is 13.7. The normalized spacial score (nSPS) is 20.3. The minimum absolute atomic E-state index is 0.167. The van der Waals surface area contributed by atoms with E-state index in [-0.39, 0.29) is 11.1 Å². The van der Waals surface area contributed by atoms with Crippen LogP contribution in [0, 0.1) is 0 Å². The molecule has 0 N–H and O–H groups in total. The number of likely N-dealkylation sites (tertiary alicyclic amines) is 1. The van der Waals surface area contributed by atoms with Crippen molar-refractivity contribution in [3.8, 4) is 11.4 Å². The summed E-state index contributed by atoms with van der Waals surface area (Å²) in [6.45, 7) is 9.05. The van der Waals surface area contributed by atoms with E-state index in [4.69, 9.17) is 4.74 Å². The second-order valence-electron chi connectivity index (χ2n) is 7.49. The first-order valence-electron chi connectivity index (χ1n) is 8.21. The predicted molar refractivity (Wildman–Crippen MR) is 88.6 cm³/mol. The summed E-state index contributed by atoms with van der Waals surface area (Å²) in [4.78, 5) is 2.56. The van der Waals surface area contributed by atoms with Crippen LogP contribution in [0.3, 0.4) is 0 Å². The Morgan fingerprint density at radius 1 is 1.00 bits per heavy atom. The molecule has 1 aromatic carbocycles. The lowest BCUT2D eigenvalue weighted by molar-refractivity contribution is -0.0352. The van der Waals surface area contributed by atoms with Crippen LogP contribution < -0.4 is 4.74 Å². The molecule has 4 rings (SSSR count). The van der Waals surface area contributed by atoms with E-state index >= 15 is 0 Å². The number of benzene rings is 1. The molecule has 116 valence electrons. The maximum atomic E-state index is 6.56. The first-order valence-corrected chi connectivity index (χ1v) is 8.21. The minimum atomic E-state index is -0.167. The predicted octanol–water partition coefficient (Wildman–Crippen LogP) is 3.96. The smallest absolute Gasteiger partial charge is 0.152 e. The van der Waals surface area contributed by atoms with Crippen LogP contribution in [0.2, 0.25) is 0 Å². The number of aromatic nitrogens is 1. The van der Waals surface area contributed by atoms with Gasteiger partial charge in [0.25, 0.3) is 0 Å². The summed E-state index contributed by atoms with van der Waals surface area (Å²) in [7, 11) is 0. The van der Waals surface area contributed by atoms with Crippen molar-refractivity contribution in [1.29, 1.82) is 0 Å². The fourth-order valence-electron chi connectivity index (χ4n) is 3.86. The van der Waals surface area contributed by atoms with Gasteiger partial charge in [-0.2, -0.15) is 0 Å². The molecule has 1 spiro atoms. The van der Waals surface area contributed by atoms with Gasteiger partial charge in [-0.15, -0.1) is 0 Å². The van der Waals surface area contributed by atoms with Crippen molar-refractivity contribution in [2.24, 2.45) is 0 Å². The molecule has 0 saturated carbocycles. The van der Waals surface area contributed by atoms with Gasteiger partial charge >= 0.3 is 0 Å². The lowest BCUT2D eigenvalue weighted by Gasteiger charge is -2.48. The molecule has 0 radical (unpaired) electrons. The van der Waals surface area contributed by atoms with Gasteiger partial charge in [0.15, 0.2) is 5.60 Å². The largest absolute Gasteiger partial charge is 0.479 e. The first kappa shape index (κ1) is 13.9. The first-order chi connectivity index (χ1) is 10.5. The highest BCUT2D eigenvalue weighted by Crippen LogP contribution is 2.45. The Labute approximate surface area is 132 Å². The second-order valence-corrected chi connectivity index (χ2v) is 7.49. The number of rotatable bonds is 0. The van der Waals surface area contributed by atoms with Crippen LogP contribution in [0.1, 0.15) is 39.3 Å². The van der Waals surface area contributed by atoms with Gasteiger partial charge in [0.1, 0.15) is 5.75 Å². The molecule has 0 unspecified atom stereocenters. The fourth-order valence-corrected chi connectivity index (χ4v) is 3.86. The van der Waals surface area contributed by atoms with E-state index in [1.165, 1.54) is 5.69 Å². The van der Waals surface area contributed by atoms with Crippen LogP contribution in [-0.2, 0) is 5.60 Å². The van der Waals surface area contributed by atoms with Gasteiger partial charge in [0.2, 0.25) is 0 Å². The third kappa shape index (κ3) is 1.99. The van der Waals surface area contributed by atoms with Gasteiger partial charge in [-0.25, -0.2) is 0 Å². The number of fused-ring (bicyclic) bond motifs is 4. The summed E-state index contributed by atoms with van der Waals surface area (Å²) in [6, 6.07) is 12.7. The SMILES string of the molecule is CC(C)(C)N1CCC2(CC1)Oc1ccccc1-n1cccc12. The molecule has 0 bridgehead atoms. The number of para-hydroxylation sites is 2. The van der Waals surface area contributed by atoms with Crippen LogP contribution in [0.25, 0.3) is 5.69 Å². The highest BCUT2D eigenvalue weighted by Gasteiger charge is 2.45. The topological polar surface area (TPSA) is 17.4 Å². The van der Waals surface area contributed by atoms with Crippen molar-refractivity contribution in [3.63, 3.8) is 0 Å². The van der Waals surface area contributed by atoms with Gasteiger partial charge in [-0.1, -0.05) is 12.1 Å². The van der Waals surface area contributed by atoms with E-state index in [0.717, 1.165) is 37.4 Å². The Balaban J connectivity index is 1.71. The van der Waals surface area contributed by atoms with Crippen LogP contribution in [0.4, 0.5) is 0 Å². The Bertz CT molecular complexity index is 687. The van der Waals surface area contributed by atoms with Crippen molar-refractivity contribution >= 4 is 0 Å². The Morgan fingerprint density at radius 2 is 1.73 bits per heavy atom. The maximum Gasteiger partial charge on any atom is 0.152 e. The van der Waals surface area contributed by atoms with E-state index in [1.54, 1.807) is 0 Å². The Morgan fingerprint density at radius 3 is 2.45 bits per heavy atom. The van der Waals surface area contributed by atoms with Crippen molar-refractivity contribution in [2.75, 3.05) is 13.1 Å². The number of piperidine rings is 1. The average Bonchev–Trinajstić information content (AvgIpc) is 2.98. The molecule has 22 heavy (non-hydrogen) atoms. The average molecular weight is 296 g/mol. The second kappa shape index (κ2) is 4.63. The quantitative estimate of drug-likeness (QED) is 0.732. The third-order valence-corrected chi connectivity index (χ3v) is 5.17. The number of nitrogens with zero attached hydrogens (tertiary/aromatic N) is 2. The molecular formula is C19H24N2O. The standard InChI is InChI=1S/C19H24N2O/c1-18(2,3)20-13-10-19(11-14-20)17-9-6-12-21(17)15-7-4-5-8-16(15)22-19/h4-9,12H,10-11,13-14H2,1-3H3. The molecule has 3 heterocycles. The summed E-state index contributed by atoms with van der Waals surface area (Å²) in [6.07, 6.45) is 4.25. The Hall–Kier alpha value is -1.74. The summed E-state index contributed by atoms with van der Waals surface area (Å²) in [5.74, 6) is 1.01. The van der Waals surface area contributed by atoms with Crippen molar-refractivity contribution in [3.05, 3.63) is 48.3 Å². The summed E-state index contributed by atoms with van der Waals surface area (Å²) >= 11 is 0. The molecule has 3 nitrogen and oxygen atoms in total. The van der Waals surface area contributed by atoms with Gasteiger partial charge < -0.3 is 9.30 Å². The molecule has 2 aromatic rings. The molecule has 2 aliphatic heterocycles. The van der Waals surface area contributed by atoms with E-state index in [0.29, 0.717) is 0 Å². The lowest BCUT2D eigenvalue weighted by atomic mass is 9.85. The van der Waals surface area contributed by atoms with Crippen molar-refractivity contribution in [1.82, 2.24) is 9.47 Å². The molecule has 3 heteroatoms. The number of ether oxygens (including phenoxy) is 1. The highest BCUT2D eigenvalue weighted by molar-refractivity contribution is 5.52. The fraction of sp³-hybridized carbons (Fsp3) is 0.474. The lowest BCUT2D eigenvalue weighted by Crippen LogP contribution is -2.53. The monoisotopic (exact) mass is 296 g/mol. The summed E-state index contributed by atoms with van der Waals surface area (Å²) in [5, 5.41) is 0. The molecular weight excluding hydrogens is 272 g/mol. The molecule has 1 aromatic heterocycles. The zero-order valence-corrected chi connectivity index (χ0v) is 13.7. The molecule has 1 saturated heterocycles. The minimum Gasteiger partial charge on any atom is -0.479 e. The molecule has 1 fully saturated rings. The molecule has 0 aliphatic carbocycles. The number of hydrogen-bond acceptors (Lipinski definition) is 2. The Kier molecular flexibility index (Phi) is 2.92. The van der Waals surface area contributed by atoms with Crippen LogP contribution in [-0.4, -0.2) is 28.1 Å². The molecule has 0 amide bonds.